The van der Waals surface area contributed by atoms with E-state index in [4.69, 9.17) is 5.11 Å². The number of halogens is 1. The number of aromatic nitrogens is 1. The minimum atomic E-state index is -3.87. The monoisotopic (exact) mass is 370 g/mol. The van der Waals surface area contributed by atoms with Crippen LogP contribution in [0.4, 0.5) is 5.69 Å². The summed E-state index contributed by atoms with van der Waals surface area (Å²) >= 11 is 3.15. The smallest absolute Gasteiger partial charge is 0.335 e. The molecule has 1 aromatic carbocycles. The van der Waals surface area contributed by atoms with Gasteiger partial charge in [-0.15, -0.1) is 0 Å². The fourth-order valence-electron chi connectivity index (χ4n) is 1.65. The summed E-state index contributed by atoms with van der Waals surface area (Å²) in [6.45, 7) is 1.60. The van der Waals surface area contributed by atoms with E-state index in [1.165, 1.54) is 18.3 Å². The number of anilines is 1. The maximum Gasteiger partial charge on any atom is 0.335 e. The molecule has 0 unspecified atom stereocenters. The van der Waals surface area contributed by atoms with Gasteiger partial charge in [-0.05, 0) is 52.7 Å². The number of carbonyl (C=O) groups is 1. The minimum Gasteiger partial charge on any atom is -0.478 e. The summed E-state index contributed by atoms with van der Waals surface area (Å²) in [5, 5.41) is 9.05. The molecule has 0 aliphatic heterocycles. The van der Waals surface area contributed by atoms with Gasteiger partial charge in [-0.2, -0.15) is 0 Å². The Morgan fingerprint density at radius 3 is 2.57 bits per heavy atom. The van der Waals surface area contributed by atoms with E-state index in [0.29, 0.717) is 10.2 Å². The first-order valence-electron chi connectivity index (χ1n) is 5.78. The zero-order chi connectivity index (χ0) is 15.6. The topological polar surface area (TPSA) is 96.4 Å². The average molecular weight is 371 g/mol. The molecule has 0 spiro atoms. The standard InChI is InChI=1S/C13H11BrN2O4S/c1-8-2-4-10(6-11(8)13(17)18)21(19,20)16-9-3-5-12(14)15-7-9/h2-7,16H,1H3,(H,17,18). The molecule has 0 fully saturated rings. The average Bonchev–Trinajstić information content (AvgIpc) is 2.41. The Kier molecular flexibility index (Phi) is 4.29. The third kappa shape index (κ3) is 3.59. The van der Waals surface area contributed by atoms with Crippen LogP contribution in [-0.4, -0.2) is 24.5 Å². The number of pyridine rings is 1. The molecule has 21 heavy (non-hydrogen) atoms. The van der Waals surface area contributed by atoms with Crippen LogP contribution in [0, 0.1) is 6.92 Å². The Bertz CT molecular complexity index is 788. The maximum atomic E-state index is 12.2. The number of benzene rings is 1. The molecule has 110 valence electrons. The van der Waals surface area contributed by atoms with E-state index in [1.54, 1.807) is 19.1 Å². The van der Waals surface area contributed by atoms with Gasteiger partial charge in [0.25, 0.3) is 10.0 Å². The number of rotatable bonds is 4. The second-order valence-electron chi connectivity index (χ2n) is 4.26. The van der Waals surface area contributed by atoms with Crippen molar-refractivity contribution in [1.29, 1.82) is 0 Å². The van der Waals surface area contributed by atoms with Gasteiger partial charge in [0.2, 0.25) is 0 Å². The van der Waals surface area contributed by atoms with Gasteiger partial charge >= 0.3 is 5.97 Å². The van der Waals surface area contributed by atoms with Crippen LogP contribution in [0.2, 0.25) is 0 Å². The molecule has 2 N–H and O–H groups in total. The van der Waals surface area contributed by atoms with Gasteiger partial charge in [0.1, 0.15) is 4.60 Å². The van der Waals surface area contributed by atoms with Crippen LogP contribution < -0.4 is 4.72 Å². The molecule has 0 amide bonds. The van der Waals surface area contributed by atoms with Crippen molar-refractivity contribution in [2.45, 2.75) is 11.8 Å². The molecule has 0 saturated carbocycles. The Labute approximate surface area is 130 Å². The number of nitrogens with one attached hydrogen (secondary N) is 1. The van der Waals surface area contributed by atoms with Crippen molar-refractivity contribution in [2.75, 3.05) is 4.72 Å². The van der Waals surface area contributed by atoms with Crippen molar-refractivity contribution in [2.24, 2.45) is 0 Å². The molecule has 8 heteroatoms. The molecule has 0 atom stereocenters. The Hall–Kier alpha value is -1.93. The Balaban J connectivity index is 2.38. The van der Waals surface area contributed by atoms with E-state index in [2.05, 4.69) is 25.6 Å². The highest BCUT2D eigenvalue weighted by Gasteiger charge is 2.18. The van der Waals surface area contributed by atoms with Gasteiger partial charge in [-0.25, -0.2) is 18.2 Å². The predicted octanol–water partition coefficient (Wildman–Crippen LogP) is 2.65. The number of carboxylic acids is 1. The number of hydrogen-bond donors (Lipinski definition) is 2. The lowest BCUT2D eigenvalue weighted by Gasteiger charge is -2.09. The fourth-order valence-corrected chi connectivity index (χ4v) is 2.95. The molecule has 2 rings (SSSR count). The minimum absolute atomic E-state index is 0.0493. The third-order valence-electron chi connectivity index (χ3n) is 2.73. The molecule has 0 aliphatic carbocycles. The molecule has 0 radical (unpaired) electrons. The molecule has 6 nitrogen and oxygen atoms in total. The van der Waals surface area contributed by atoms with Gasteiger partial charge in [0.05, 0.1) is 22.3 Å². The van der Waals surface area contributed by atoms with Crippen LogP contribution in [0.1, 0.15) is 15.9 Å². The third-order valence-corrected chi connectivity index (χ3v) is 4.58. The number of carboxylic acid groups (broad SMARTS) is 1. The van der Waals surface area contributed by atoms with Crippen molar-refractivity contribution >= 4 is 37.6 Å². The van der Waals surface area contributed by atoms with E-state index >= 15 is 0 Å². The lowest BCUT2D eigenvalue weighted by molar-refractivity contribution is 0.0696. The first-order chi connectivity index (χ1) is 9.79. The lowest BCUT2D eigenvalue weighted by atomic mass is 10.1. The molecule has 0 aliphatic rings. The lowest BCUT2D eigenvalue weighted by Crippen LogP contribution is -2.14. The Morgan fingerprint density at radius 2 is 2.00 bits per heavy atom. The van der Waals surface area contributed by atoms with Gasteiger partial charge in [-0.3, -0.25) is 4.72 Å². The van der Waals surface area contributed by atoms with Gasteiger partial charge in [0, 0.05) is 0 Å². The zero-order valence-electron chi connectivity index (χ0n) is 10.9. The zero-order valence-corrected chi connectivity index (χ0v) is 13.3. The first kappa shape index (κ1) is 15.5. The second kappa shape index (κ2) is 5.82. The summed E-state index contributed by atoms with van der Waals surface area (Å²) in [6.07, 6.45) is 1.36. The van der Waals surface area contributed by atoms with Gasteiger partial charge < -0.3 is 5.11 Å². The summed E-state index contributed by atoms with van der Waals surface area (Å²) in [6, 6.07) is 7.08. The summed E-state index contributed by atoms with van der Waals surface area (Å²) in [4.78, 5) is 14.9. The number of aromatic carboxylic acids is 1. The molecule has 1 heterocycles. The van der Waals surface area contributed by atoms with Gasteiger partial charge in [0.15, 0.2) is 0 Å². The van der Waals surface area contributed by atoms with Crippen molar-refractivity contribution in [1.82, 2.24) is 4.98 Å². The van der Waals surface area contributed by atoms with E-state index in [9.17, 15) is 13.2 Å². The number of nitrogens with zero attached hydrogens (tertiary/aromatic N) is 1. The molecule has 0 saturated heterocycles. The molecular formula is C13H11BrN2O4S. The molecule has 2 aromatic rings. The molecule has 1 aromatic heterocycles. The first-order valence-corrected chi connectivity index (χ1v) is 8.05. The summed E-state index contributed by atoms with van der Waals surface area (Å²) in [7, 11) is -3.87. The maximum absolute atomic E-state index is 12.2. The van der Waals surface area contributed by atoms with Gasteiger partial charge in [-0.1, -0.05) is 6.07 Å². The van der Waals surface area contributed by atoms with E-state index < -0.39 is 16.0 Å². The van der Waals surface area contributed by atoms with Crippen molar-refractivity contribution in [3.8, 4) is 0 Å². The van der Waals surface area contributed by atoms with Crippen molar-refractivity contribution < 1.29 is 18.3 Å². The fraction of sp³-hybridized carbons (Fsp3) is 0.0769. The Morgan fingerprint density at radius 1 is 1.29 bits per heavy atom. The highest BCUT2D eigenvalue weighted by Crippen LogP contribution is 2.19. The van der Waals surface area contributed by atoms with Crippen LogP contribution in [0.3, 0.4) is 0 Å². The highest BCUT2D eigenvalue weighted by atomic mass is 79.9. The SMILES string of the molecule is Cc1ccc(S(=O)(=O)Nc2ccc(Br)nc2)cc1C(=O)O. The van der Waals surface area contributed by atoms with Crippen LogP contribution in [-0.2, 0) is 10.0 Å². The van der Waals surface area contributed by atoms with E-state index in [0.717, 1.165) is 6.07 Å². The predicted molar refractivity (Wildman–Crippen MR) is 80.9 cm³/mol. The molecular weight excluding hydrogens is 360 g/mol. The van der Waals surface area contributed by atoms with E-state index in [-0.39, 0.29) is 16.1 Å². The molecule has 0 bridgehead atoms. The quantitative estimate of drug-likeness (QED) is 0.806. The number of hydrogen-bond acceptors (Lipinski definition) is 4. The van der Waals surface area contributed by atoms with Crippen molar-refractivity contribution in [3.05, 3.63) is 52.3 Å². The van der Waals surface area contributed by atoms with Crippen LogP contribution >= 0.6 is 15.9 Å². The summed E-state index contributed by atoms with van der Waals surface area (Å²) in [5.41, 5.74) is 0.731. The van der Waals surface area contributed by atoms with Crippen LogP contribution in [0.25, 0.3) is 0 Å². The summed E-state index contributed by atoms with van der Waals surface area (Å²) in [5.74, 6) is -1.17. The van der Waals surface area contributed by atoms with Crippen LogP contribution in [0.15, 0.2) is 46.0 Å². The largest absolute Gasteiger partial charge is 0.478 e. The van der Waals surface area contributed by atoms with E-state index in [1.807, 2.05) is 0 Å². The normalized spacial score (nSPS) is 11.1. The highest BCUT2D eigenvalue weighted by molar-refractivity contribution is 9.10. The van der Waals surface area contributed by atoms with Crippen molar-refractivity contribution in [3.63, 3.8) is 0 Å². The van der Waals surface area contributed by atoms with Crippen LogP contribution in [0.5, 0.6) is 0 Å². The second-order valence-corrected chi connectivity index (χ2v) is 6.75. The summed E-state index contributed by atoms with van der Waals surface area (Å²) < 4.78 is 27.4. The number of sulfonamides is 1. The number of aryl methyl sites for hydroxylation is 1.